The Balaban J connectivity index is 2.63. The normalized spacial score (nSPS) is 14.8. The minimum atomic E-state index is -0.593. The van der Waals surface area contributed by atoms with Gasteiger partial charge in [0.05, 0.1) is 0 Å². The van der Waals surface area contributed by atoms with Crippen LogP contribution in [0.15, 0.2) is 42.5 Å². The van der Waals surface area contributed by atoms with Crippen LogP contribution in [0.1, 0.15) is 44.8 Å². The van der Waals surface area contributed by atoms with Crippen molar-refractivity contribution < 1.29 is 9.84 Å². The van der Waals surface area contributed by atoms with Crippen molar-refractivity contribution in [2.24, 2.45) is 0 Å². The van der Waals surface area contributed by atoms with Gasteiger partial charge in [-0.25, -0.2) is 0 Å². The lowest BCUT2D eigenvalue weighted by Crippen LogP contribution is -2.20. The largest absolute Gasteiger partial charge is 0.385 e. The van der Waals surface area contributed by atoms with Gasteiger partial charge in [0.2, 0.25) is 0 Å². The molecule has 0 saturated heterocycles. The Labute approximate surface area is 110 Å². The third-order valence-corrected chi connectivity index (χ3v) is 2.86. The van der Waals surface area contributed by atoms with Gasteiger partial charge in [0, 0.05) is 6.61 Å². The molecule has 2 atom stereocenters. The Bertz CT molecular complexity index is 332. The molecule has 1 aromatic carbocycles. The van der Waals surface area contributed by atoms with Crippen molar-refractivity contribution in [1.29, 1.82) is 0 Å². The number of allylic oxidation sites excluding steroid dienone is 1. The number of rotatable bonds is 8. The van der Waals surface area contributed by atoms with Crippen molar-refractivity contribution >= 4 is 0 Å². The highest BCUT2D eigenvalue weighted by molar-refractivity contribution is 5.20. The summed E-state index contributed by atoms with van der Waals surface area (Å²) >= 11 is 0. The van der Waals surface area contributed by atoms with Crippen LogP contribution in [0.5, 0.6) is 0 Å². The molecule has 0 heterocycles. The summed E-state index contributed by atoms with van der Waals surface area (Å²) in [5.41, 5.74) is 0.899. The number of unbranched alkanes of at least 4 members (excludes halogenated alkanes) is 2. The van der Waals surface area contributed by atoms with E-state index in [4.69, 9.17) is 4.74 Å². The molecule has 0 aromatic heterocycles. The predicted molar refractivity (Wildman–Crippen MR) is 75.5 cm³/mol. The smallest absolute Gasteiger partial charge is 0.109 e. The molecule has 0 bridgehead atoms. The maximum absolute atomic E-state index is 10.3. The Morgan fingerprint density at radius 1 is 1.22 bits per heavy atom. The Hall–Kier alpha value is -1.12. The van der Waals surface area contributed by atoms with Crippen molar-refractivity contribution in [3.8, 4) is 0 Å². The average Bonchev–Trinajstić information content (AvgIpc) is 2.42. The molecule has 2 nitrogen and oxygen atoms in total. The summed E-state index contributed by atoms with van der Waals surface area (Å²) in [6, 6.07) is 9.67. The lowest BCUT2D eigenvalue weighted by atomic mass is 10.0. The minimum Gasteiger partial charge on any atom is -0.385 e. The van der Waals surface area contributed by atoms with E-state index in [0.717, 1.165) is 12.0 Å². The van der Waals surface area contributed by atoms with Gasteiger partial charge >= 0.3 is 0 Å². The number of benzene rings is 1. The Morgan fingerprint density at radius 3 is 2.56 bits per heavy atom. The zero-order chi connectivity index (χ0) is 13.2. The zero-order valence-corrected chi connectivity index (χ0v) is 11.4. The predicted octanol–water partition coefficient (Wildman–Crippen LogP) is 3.87. The van der Waals surface area contributed by atoms with Crippen LogP contribution in [0, 0.1) is 0 Å². The highest BCUT2D eigenvalue weighted by atomic mass is 16.5. The van der Waals surface area contributed by atoms with E-state index in [2.05, 4.69) is 13.0 Å². The number of ether oxygens (including phenoxy) is 1. The number of hydrogen-bond donors (Lipinski definition) is 1. The van der Waals surface area contributed by atoms with Crippen LogP contribution >= 0.6 is 0 Å². The van der Waals surface area contributed by atoms with E-state index < -0.39 is 6.10 Å². The molecule has 0 saturated carbocycles. The zero-order valence-electron chi connectivity index (χ0n) is 11.4. The summed E-state index contributed by atoms with van der Waals surface area (Å²) in [5.74, 6) is 0. The molecular formula is C16H24O2. The van der Waals surface area contributed by atoms with Crippen molar-refractivity contribution in [3.05, 3.63) is 48.0 Å². The highest BCUT2D eigenvalue weighted by Gasteiger charge is 2.17. The quantitative estimate of drug-likeness (QED) is 0.559. The van der Waals surface area contributed by atoms with Gasteiger partial charge in [0.25, 0.3) is 0 Å². The first kappa shape index (κ1) is 14.9. The van der Waals surface area contributed by atoms with Crippen molar-refractivity contribution in [1.82, 2.24) is 0 Å². The van der Waals surface area contributed by atoms with Crippen LogP contribution < -0.4 is 0 Å². The van der Waals surface area contributed by atoms with Gasteiger partial charge in [0.15, 0.2) is 0 Å². The van der Waals surface area contributed by atoms with Crippen molar-refractivity contribution in [2.45, 2.75) is 45.3 Å². The molecule has 100 valence electrons. The average molecular weight is 248 g/mol. The van der Waals surface area contributed by atoms with Crippen molar-refractivity contribution in [2.75, 3.05) is 6.61 Å². The van der Waals surface area contributed by atoms with Crippen LogP contribution in [0.4, 0.5) is 0 Å². The molecule has 0 fully saturated rings. The first-order chi connectivity index (χ1) is 8.79. The molecule has 2 heteroatoms. The molecular weight excluding hydrogens is 224 g/mol. The fourth-order valence-corrected chi connectivity index (χ4v) is 1.84. The van der Waals surface area contributed by atoms with E-state index in [0.29, 0.717) is 6.61 Å². The van der Waals surface area contributed by atoms with E-state index in [1.165, 1.54) is 12.8 Å². The molecule has 0 aliphatic carbocycles. The first-order valence-electron chi connectivity index (χ1n) is 6.80. The van der Waals surface area contributed by atoms with Crippen LogP contribution in [-0.4, -0.2) is 17.8 Å². The summed E-state index contributed by atoms with van der Waals surface area (Å²) in [5, 5.41) is 10.3. The fourth-order valence-electron chi connectivity index (χ4n) is 1.84. The highest BCUT2D eigenvalue weighted by Crippen LogP contribution is 2.20. The maximum atomic E-state index is 10.3. The summed E-state index contributed by atoms with van der Waals surface area (Å²) in [6.45, 7) is 4.73. The van der Waals surface area contributed by atoms with Gasteiger partial charge in [-0.3, -0.25) is 0 Å². The molecule has 0 radical (unpaired) electrons. The molecule has 0 aliphatic rings. The summed E-state index contributed by atoms with van der Waals surface area (Å²) in [6.07, 6.45) is 6.65. The molecule has 1 N–H and O–H groups in total. The summed E-state index contributed by atoms with van der Waals surface area (Å²) < 4.78 is 5.60. The van der Waals surface area contributed by atoms with Crippen molar-refractivity contribution in [3.63, 3.8) is 0 Å². The van der Waals surface area contributed by atoms with E-state index in [1.807, 2.05) is 43.3 Å². The number of aliphatic hydroxyl groups is 1. The summed E-state index contributed by atoms with van der Waals surface area (Å²) in [4.78, 5) is 0. The van der Waals surface area contributed by atoms with Gasteiger partial charge in [-0.05, 0) is 18.9 Å². The van der Waals surface area contributed by atoms with Crippen LogP contribution in [-0.2, 0) is 4.74 Å². The van der Waals surface area contributed by atoms with E-state index in [-0.39, 0.29) is 6.10 Å². The topological polar surface area (TPSA) is 29.5 Å². The van der Waals surface area contributed by atoms with Crippen LogP contribution in [0.3, 0.4) is 0 Å². The standard InChI is InChI=1S/C16H24O2/c1-3-5-6-10-13-15(18-4-2)16(17)14-11-8-7-9-12-14/h7-13,15-17H,3-6H2,1-2H3/b13-10+/t15-,16-/m0/s1. The second kappa shape index (κ2) is 8.90. The molecule has 1 rings (SSSR count). The molecule has 0 amide bonds. The second-order valence-corrected chi connectivity index (χ2v) is 4.35. The van der Waals surface area contributed by atoms with Gasteiger partial charge in [0.1, 0.15) is 12.2 Å². The molecule has 1 aromatic rings. The maximum Gasteiger partial charge on any atom is 0.109 e. The van der Waals surface area contributed by atoms with E-state index in [1.54, 1.807) is 0 Å². The van der Waals surface area contributed by atoms with Crippen LogP contribution in [0.25, 0.3) is 0 Å². The van der Waals surface area contributed by atoms with Gasteiger partial charge in [-0.15, -0.1) is 0 Å². The summed E-state index contributed by atoms with van der Waals surface area (Å²) in [7, 11) is 0. The van der Waals surface area contributed by atoms with Gasteiger partial charge < -0.3 is 9.84 Å². The Morgan fingerprint density at radius 2 is 1.94 bits per heavy atom. The molecule has 0 spiro atoms. The third kappa shape index (κ3) is 5.03. The molecule has 18 heavy (non-hydrogen) atoms. The monoisotopic (exact) mass is 248 g/mol. The third-order valence-electron chi connectivity index (χ3n) is 2.86. The second-order valence-electron chi connectivity index (χ2n) is 4.35. The minimum absolute atomic E-state index is 0.255. The molecule has 0 unspecified atom stereocenters. The number of aliphatic hydroxyl groups excluding tert-OH is 1. The van der Waals surface area contributed by atoms with Gasteiger partial charge in [-0.2, -0.15) is 0 Å². The Kier molecular flexibility index (Phi) is 7.38. The lowest BCUT2D eigenvalue weighted by Gasteiger charge is -2.20. The molecule has 0 aliphatic heterocycles. The van der Waals surface area contributed by atoms with Gasteiger partial charge in [-0.1, -0.05) is 62.2 Å². The van der Waals surface area contributed by atoms with Crippen LogP contribution in [0.2, 0.25) is 0 Å². The SMILES string of the molecule is CCCC/C=C/[C@H](OCC)[C@@H](O)c1ccccc1. The number of hydrogen-bond acceptors (Lipinski definition) is 2. The lowest BCUT2D eigenvalue weighted by molar-refractivity contribution is -0.00589. The first-order valence-corrected chi connectivity index (χ1v) is 6.80. The van der Waals surface area contributed by atoms with E-state index >= 15 is 0 Å². The van der Waals surface area contributed by atoms with E-state index in [9.17, 15) is 5.11 Å². The fraction of sp³-hybridized carbons (Fsp3) is 0.500.